The topological polar surface area (TPSA) is 52.7 Å². The molecule has 0 unspecified atom stereocenters. The Morgan fingerprint density at radius 3 is 2.31 bits per heavy atom. The maximum absolute atomic E-state index is 15.2. The summed E-state index contributed by atoms with van der Waals surface area (Å²) < 4.78 is 36.7. The lowest BCUT2D eigenvalue weighted by Gasteiger charge is -2.06. The summed E-state index contributed by atoms with van der Waals surface area (Å²) in [6.07, 6.45) is 2.02. The van der Waals surface area contributed by atoms with Crippen molar-refractivity contribution in [2.24, 2.45) is 0 Å². The highest BCUT2D eigenvalue weighted by Gasteiger charge is 2.29. The van der Waals surface area contributed by atoms with Gasteiger partial charge in [-0.2, -0.15) is 0 Å². The Morgan fingerprint density at radius 2 is 1.72 bits per heavy atom. The largest absolute Gasteiger partial charge is 0.344 e. The summed E-state index contributed by atoms with van der Waals surface area (Å²) in [6.45, 7) is 13.8. The Kier molecular flexibility index (Phi) is 9.39. The minimum Gasteiger partial charge on any atom is -0.254 e. The lowest BCUT2D eigenvalue weighted by Crippen LogP contribution is -2.21. The molecule has 1 saturated carbocycles. The third kappa shape index (κ3) is 4.88. The second kappa shape index (κ2) is 11.6. The molecule has 5 rings (SSSR count). The number of hydrogen-bond acceptors (Lipinski definition) is 5. The van der Waals surface area contributed by atoms with E-state index in [1.807, 2.05) is 41.5 Å². The molecule has 5 nitrogen and oxygen atoms in total. The van der Waals surface area contributed by atoms with Crippen molar-refractivity contribution >= 4 is 44.7 Å². The van der Waals surface area contributed by atoms with Crippen molar-refractivity contribution in [1.82, 2.24) is 18.1 Å². The van der Waals surface area contributed by atoms with Gasteiger partial charge in [0.15, 0.2) is 5.82 Å². The van der Waals surface area contributed by atoms with Crippen molar-refractivity contribution in [3.05, 3.63) is 51.9 Å². The van der Waals surface area contributed by atoms with E-state index in [0.717, 1.165) is 34.5 Å². The monoisotopic (exact) mass is 480 g/mol. The van der Waals surface area contributed by atoms with Crippen molar-refractivity contribution in [2.75, 3.05) is 0 Å². The van der Waals surface area contributed by atoms with E-state index in [0.29, 0.717) is 15.5 Å². The van der Waals surface area contributed by atoms with Crippen molar-refractivity contribution < 1.29 is 8.78 Å². The maximum atomic E-state index is 15.2. The van der Waals surface area contributed by atoms with Crippen LogP contribution in [0.1, 0.15) is 59.9 Å². The summed E-state index contributed by atoms with van der Waals surface area (Å²) in [5.41, 5.74) is 0.833. The number of aryl methyl sites for hydroxylation is 1. The molecule has 0 N–H and O–H groups in total. The first-order valence-electron chi connectivity index (χ1n) is 11.1. The zero-order chi connectivity index (χ0) is 24.0. The van der Waals surface area contributed by atoms with Crippen LogP contribution in [-0.2, 0) is 0 Å². The summed E-state index contributed by atoms with van der Waals surface area (Å²) in [4.78, 5) is 13.1. The first-order valence-corrected chi connectivity index (χ1v) is 12.7. The Balaban J connectivity index is 0.000000561. The van der Waals surface area contributed by atoms with E-state index in [-0.39, 0.29) is 16.7 Å². The average molecular weight is 481 g/mol. The molecule has 2 heterocycles. The van der Waals surface area contributed by atoms with Gasteiger partial charge in [0, 0.05) is 5.25 Å². The van der Waals surface area contributed by atoms with E-state index in [9.17, 15) is 9.18 Å². The van der Waals surface area contributed by atoms with E-state index in [1.54, 1.807) is 19.1 Å². The number of nitrogens with zero attached hydrogens (tertiary/aromatic N) is 4. The highest BCUT2D eigenvalue weighted by atomic mass is 32.2. The Hall–Kier alpha value is -2.26. The van der Waals surface area contributed by atoms with Crippen LogP contribution in [0, 0.1) is 18.6 Å². The Labute approximate surface area is 195 Å². The van der Waals surface area contributed by atoms with Crippen molar-refractivity contribution in [2.45, 2.75) is 66.6 Å². The van der Waals surface area contributed by atoms with Gasteiger partial charge in [-0.25, -0.2) is 17.5 Å². The van der Waals surface area contributed by atoms with E-state index in [2.05, 4.69) is 9.59 Å². The number of hydrogen-bond donors (Lipinski definition) is 0. The molecule has 0 aliphatic heterocycles. The van der Waals surface area contributed by atoms with Gasteiger partial charge < -0.3 is 0 Å². The number of fused-ring (bicyclic) bond motifs is 2. The van der Waals surface area contributed by atoms with Crippen LogP contribution in [0.2, 0.25) is 0 Å². The quantitative estimate of drug-likeness (QED) is 0.313. The van der Waals surface area contributed by atoms with Gasteiger partial charge in [0.2, 0.25) is 0 Å². The highest BCUT2D eigenvalue weighted by Crippen LogP contribution is 2.38. The Bertz CT molecular complexity index is 1240. The van der Waals surface area contributed by atoms with Crippen LogP contribution in [0.3, 0.4) is 0 Å². The Morgan fingerprint density at radius 1 is 1.06 bits per heavy atom. The zero-order valence-electron chi connectivity index (χ0n) is 19.6. The molecule has 9 heteroatoms. The van der Waals surface area contributed by atoms with Gasteiger partial charge in [0.05, 0.1) is 15.9 Å². The molecule has 1 aliphatic rings. The van der Waals surface area contributed by atoms with E-state index in [1.165, 1.54) is 28.1 Å². The smallest absolute Gasteiger partial charge is 0.254 e. The lowest BCUT2D eigenvalue weighted by atomic mass is 10.2. The number of halogens is 2. The summed E-state index contributed by atoms with van der Waals surface area (Å²) in [5, 5.41) is 4.15. The fourth-order valence-electron chi connectivity index (χ4n) is 2.96. The molecule has 0 saturated heterocycles. The normalized spacial score (nSPS) is 12.4. The van der Waals surface area contributed by atoms with Crippen molar-refractivity contribution in [1.29, 1.82) is 0 Å². The molecular formula is C23H30F2N4OS2. The van der Waals surface area contributed by atoms with Crippen molar-refractivity contribution in [3.8, 4) is 5.69 Å². The van der Waals surface area contributed by atoms with Crippen LogP contribution in [0.4, 0.5) is 8.78 Å². The molecule has 0 atom stereocenters. The maximum Gasteiger partial charge on any atom is 0.344 e. The van der Waals surface area contributed by atoms with Crippen LogP contribution in [-0.4, -0.2) is 23.4 Å². The average Bonchev–Trinajstić information content (AvgIpc) is 3.44. The highest BCUT2D eigenvalue weighted by molar-refractivity contribution is 7.98. The molecular weight excluding hydrogens is 450 g/mol. The van der Waals surface area contributed by atoms with E-state index in [4.69, 9.17) is 0 Å². The number of aromatic nitrogens is 4. The summed E-state index contributed by atoms with van der Waals surface area (Å²) in [5.74, 6) is -1.23. The van der Waals surface area contributed by atoms with Gasteiger partial charge in [-0.1, -0.05) is 52.1 Å². The molecule has 0 radical (unpaired) electrons. The van der Waals surface area contributed by atoms with Gasteiger partial charge in [-0.15, -0.1) is 5.10 Å². The standard InChI is InChI=1S/C17H12F2N4OS2.3C2H6/c1-8-2-5-11(10(18)6-8)22-16-12(23(17(22)24)26-9-3-4-9)7-13-15(14(16)19)20-21-25-13;3*1-2/h2,5-7,9H,3-4H2,1H3;3*1-2H3. The predicted molar refractivity (Wildman–Crippen MR) is 133 cm³/mol. The van der Waals surface area contributed by atoms with Gasteiger partial charge >= 0.3 is 5.69 Å². The molecule has 2 aromatic heterocycles. The molecule has 0 spiro atoms. The molecule has 32 heavy (non-hydrogen) atoms. The number of imidazole rings is 1. The zero-order valence-corrected chi connectivity index (χ0v) is 21.2. The molecule has 4 aromatic rings. The number of rotatable bonds is 3. The summed E-state index contributed by atoms with van der Waals surface area (Å²) in [7, 11) is 0. The van der Waals surface area contributed by atoms with E-state index >= 15 is 4.39 Å². The number of benzene rings is 2. The fourth-order valence-corrected chi connectivity index (χ4v) is 4.62. The van der Waals surface area contributed by atoms with Crippen LogP contribution < -0.4 is 5.69 Å². The molecule has 1 aliphatic carbocycles. The first-order chi connectivity index (χ1) is 15.5. The second-order valence-corrected chi connectivity index (χ2v) is 8.38. The van der Waals surface area contributed by atoms with E-state index < -0.39 is 17.3 Å². The van der Waals surface area contributed by atoms with Gasteiger partial charge in [-0.05, 0) is 67.0 Å². The first kappa shape index (κ1) is 26.0. The van der Waals surface area contributed by atoms with Crippen LogP contribution in [0.25, 0.3) is 26.9 Å². The second-order valence-electron chi connectivity index (χ2n) is 6.35. The SMILES string of the molecule is CC.CC.CC.Cc1ccc(-n2c(=O)n(SC3CC3)c3cc4snnc4c(F)c32)c(F)c1. The molecule has 2 aromatic carbocycles. The molecule has 174 valence electrons. The van der Waals surface area contributed by atoms with Gasteiger partial charge in [0.25, 0.3) is 0 Å². The van der Waals surface area contributed by atoms with Crippen LogP contribution in [0.5, 0.6) is 0 Å². The fraction of sp³-hybridized carbons (Fsp3) is 0.435. The van der Waals surface area contributed by atoms with Crippen LogP contribution >= 0.6 is 23.5 Å². The molecule has 1 fully saturated rings. The minimum atomic E-state index is -0.654. The predicted octanol–water partition coefficient (Wildman–Crippen LogP) is 7.12. The minimum absolute atomic E-state index is 0.0298. The summed E-state index contributed by atoms with van der Waals surface area (Å²) in [6, 6.07) is 6.24. The summed E-state index contributed by atoms with van der Waals surface area (Å²) >= 11 is 2.43. The van der Waals surface area contributed by atoms with Gasteiger partial charge in [-0.3, -0.25) is 4.57 Å². The van der Waals surface area contributed by atoms with Gasteiger partial charge in [0.1, 0.15) is 16.9 Å². The molecule has 0 amide bonds. The van der Waals surface area contributed by atoms with Crippen LogP contribution in [0.15, 0.2) is 29.1 Å². The lowest BCUT2D eigenvalue weighted by molar-refractivity contribution is 0.612. The third-order valence-electron chi connectivity index (χ3n) is 4.37. The van der Waals surface area contributed by atoms with Crippen molar-refractivity contribution in [3.63, 3.8) is 0 Å². The molecule has 0 bridgehead atoms. The third-order valence-corrected chi connectivity index (χ3v) is 6.37.